The molecule has 11 heteroatoms. The molecule has 1 fully saturated rings. The molecular formula is C19H19ClN4O4S2. The Bertz CT molecular complexity index is 1210. The SMILES string of the molecule is COC(=O)c1sccc1S(=O)(=O)NCCNc1nc(C2CC2)nc2cc(Cl)ccc12. The molecule has 1 aliphatic rings. The van der Waals surface area contributed by atoms with E-state index < -0.39 is 16.0 Å². The Balaban J connectivity index is 1.46. The molecule has 0 atom stereocenters. The number of methoxy groups -OCH3 is 1. The average molecular weight is 467 g/mol. The molecule has 4 rings (SSSR count). The second-order valence-electron chi connectivity index (χ2n) is 6.80. The van der Waals surface area contributed by atoms with Crippen LogP contribution >= 0.6 is 22.9 Å². The summed E-state index contributed by atoms with van der Waals surface area (Å²) in [6.07, 6.45) is 2.13. The molecular weight excluding hydrogens is 448 g/mol. The lowest BCUT2D eigenvalue weighted by Crippen LogP contribution is -2.29. The predicted molar refractivity (Wildman–Crippen MR) is 116 cm³/mol. The number of fused-ring (bicyclic) bond motifs is 1. The Labute approximate surface area is 182 Å². The fraction of sp³-hybridized carbons (Fsp3) is 0.316. The average Bonchev–Trinajstić information content (AvgIpc) is 3.45. The van der Waals surface area contributed by atoms with Gasteiger partial charge in [0.05, 0.1) is 12.6 Å². The number of nitrogens with zero attached hydrogens (tertiary/aromatic N) is 2. The number of hydrogen-bond donors (Lipinski definition) is 2. The highest BCUT2D eigenvalue weighted by molar-refractivity contribution is 7.89. The van der Waals surface area contributed by atoms with Crippen LogP contribution in [0.4, 0.5) is 5.82 Å². The zero-order valence-electron chi connectivity index (χ0n) is 16.0. The molecule has 0 bridgehead atoms. The van der Waals surface area contributed by atoms with Gasteiger partial charge < -0.3 is 10.1 Å². The molecule has 2 heterocycles. The second kappa shape index (κ2) is 8.46. The van der Waals surface area contributed by atoms with Gasteiger partial charge in [-0.05, 0) is 42.5 Å². The van der Waals surface area contributed by atoms with E-state index in [0.717, 1.165) is 40.9 Å². The number of thiophene rings is 1. The Kier molecular flexibility index (Phi) is 5.92. The van der Waals surface area contributed by atoms with Crippen molar-refractivity contribution in [3.05, 3.63) is 45.4 Å². The lowest BCUT2D eigenvalue weighted by atomic mass is 10.2. The van der Waals surface area contributed by atoms with Crippen LogP contribution in [0.1, 0.15) is 34.3 Å². The van der Waals surface area contributed by atoms with Crippen molar-refractivity contribution < 1.29 is 17.9 Å². The summed E-state index contributed by atoms with van der Waals surface area (Å²) >= 11 is 7.12. The van der Waals surface area contributed by atoms with Crippen LogP contribution in [0, 0.1) is 0 Å². The number of sulfonamides is 1. The summed E-state index contributed by atoms with van der Waals surface area (Å²) in [5.74, 6) is 1.10. The Hall–Kier alpha value is -2.27. The fourth-order valence-corrected chi connectivity index (χ4v) is 5.51. The third kappa shape index (κ3) is 4.41. The number of rotatable bonds is 8. The molecule has 3 aromatic rings. The van der Waals surface area contributed by atoms with Gasteiger partial charge in [0.15, 0.2) is 0 Å². The van der Waals surface area contributed by atoms with Gasteiger partial charge in [0.25, 0.3) is 0 Å². The zero-order chi connectivity index (χ0) is 21.3. The van der Waals surface area contributed by atoms with Gasteiger partial charge in [-0.25, -0.2) is 27.9 Å². The van der Waals surface area contributed by atoms with Crippen molar-refractivity contribution in [1.82, 2.24) is 14.7 Å². The first-order valence-corrected chi connectivity index (χ1v) is 12.0. The molecule has 0 spiro atoms. The maximum Gasteiger partial charge on any atom is 0.349 e. The minimum atomic E-state index is -3.85. The van der Waals surface area contributed by atoms with E-state index in [9.17, 15) is 13.2 Å². The summed E-state index contributed by atoms with van der Waals surface area (Å²) in [5.41, 5.74) is 0.753. The van der Waals surface area contributed by atoms with Gasteiger partial charge in [0, 0.05) is 29.4 Å². The summed E-state index contributed by atoms with van der Waals surface area (Å²) in [5, 5.41) is 6.14. The van der Waals surface area contributed by atoms with Gasteiger partial charge in [0.2, 0.25) is 10.0 Å². The lowest BCUT2D eigenvalue weighted by Gasteiger charge is -2.12. The second-order valence-corrected chi connectivity index (χ2v) is 9.88. The highest BCUT2D eigenvalue weighted by Crippen LogP contribution is 2.39. The first-order chi connectivity index (χ1) is 14.4. The van der Waals surface area contributed by atoms with E-state index in [1.54, 1.807) is 12.1 Å². The Morgan fingerprint density at radius 2 is 2.07 bits per heavy atom. The third-order valence-electron chi connectivity index (χ3n) is 4.62. The van der Waals surface area contributed by atoms with Gasteiger partial charge in [-0.3, -0.25) is 0 Å². The molecule has 30 heavy (non-hydrogen) atoms. The van der Waals surface area contributed by atoms with Crippen LogP contribution in [-0.2, 0) is 14.8 Å². The van der Waals surface area contributed by atoms with E-state index in [4.69, 9.17) is 11.6 Å². The highest BCUT2D eigenvalue weighted by Gasteiger charge is 2.28. The smallest absolute Gasteiger partial charge is 0.349 e. The van der Waals surface area contributed by atoms with Crippen LogP contribution < -0.4 is 10.0 Å². The molecule has 2 aromatic heterocycles. The van der Waals surface area contributed by atoms with E-state index in [0.29, 0.717) is 23.3 Å². The molecule has 0 saturated heterocycles. The van der Waals surface area contributed by atoms with Crippen molar-refractivity contribution in [3.8, 4) is 0 Å². The maximum atomic E-state index is 12.6. The van der Waals surface area contributed by atoms with Gasteiger partial charge in [-0.1, -0.05) is 11.6 Å². The van der Waals surface area contributed by atoms with Gasteiger partial charge >= 0.3 is 5.97 Å². The van der Waals surface area contributed by atoms with Gasteiger partial charge in [0.1, 0.15) is 21.4 Å². The number of nitrogens with one attached hydrogen (secondary N) is 2. The van der Waals surface area contributed by atoms with E-state index in [2.05, 4.69) is 24.7 Å². The summed E-state index contributed by atoms with van der Waals surface area (Å²) in [4.78, 5) is 20.9. The highest BCUT2D eigenvalue weighted by atomic mass is 35.5. The van der Waals surface area contributed by atoms with Crippen LogP contribution in [0.2, 0.25) is 5.02 Å². The third-order valence-corrected chi connectivity index (χ3v) is 7.38. The first kappa shape index (κ1) is 21.0. The molecule has 0 unspecified atom stereocenters. The van der Waals surface area contributed by atoms with Crippen LogP contribution in [-0.4, -0.2) is 44.6 Å². The molecule has 1 aromatic carbocycles. The van der Waals surface area contributed by atoms with Crippen molar-refractivity contribution in [2.24, 2.45) is 0 Å². The maximum absolute atomic E-state index is 12.6. The number of esters is 1. The standard InChI is InChI=1S/C19H19ClN4O4S2/c1-28-19(25)16-15(6-9-29-16)30(26,27)22-8-7-21-18-13-5-4-12(20)10-14(13)23-17(24-18)11-2-3-11/h4-6,9-11,22H,2-3,7-8H2,1H3,(H,21,23,24). The molecule has 8 nitrogen and oxygen atoms in total. The van der Waals surface area contributed by atoms with Crippen LogP contribution in [0.15, 0.2) is 34.5 Å². The van der Waals surface area contributed by atoms with E-state index in [-0.39, 0.29) is 16.3 Å². The van der Waals surface area contributed by atoms with Gasteiger partial charge in [-0.2, -0.15) is 0 Å². The monoisotopic (exact) mass is 466 g/mol. The summed E-state index contributed by atoms with van der Waals surface area (Å²) < 4.78 is 32.3. The summed E-state index contributed by atoms with van der Waals surface area (Å²) in [6.45, 7) is 0.409. The Morgan fingerprint density at radius 1 is 1.27 bits per heavy atom. The van der Waals surface area contributed by atoms with Crippen LogP contribution in [0.5, 0.6) is 0 Å². The summed E-state index contributed by atoms with van der Waals surface area (Å²) in [6, 6.07) is 6.79. The quantitative estimate of drug-likeness (QED) is 0.386. The topological polar surface area (TPSA) is 110 Å². The molecule has 0 amide bonds. The molecule has 1 saturated carbocycles. The summed E-state index contributed by atoms with van der Waals surface area (Å²) in [7, 11) is -2.63. The molecule has 158 valence electrons. The largest absolute Gasteiger partial charge is 0.465 e. The normalized spacial score (nSPS) is 14.1. The lowest BCUT2D eigenvalue weighted by molar-refractivity contribution is 0.0602. The van der Waals surface area contributed by atoms with Crippen LogP contribution in [0.3, 0.4) is 0 Å². The van der Waals surface area contributed by atoms with Crippen molar-refractivity contribution in [3.63, 3.8) is 0 Å². The van der Waals surface area contributed by atoms with E-state index in [1.807, 2.05) is 6.07 Å². The number of hydrogen-bond acceptors (Lipinski definition) is 8. The van der Waals surface area contributed by atoms with Gasteiger partial charge in [-0.15, -0.1) is 11.3 Å². The number of aromatic nitrogens is 2. The van der Waals surface area contributed by atoms with Crippen molar-refractivity contribution in [2.45, 2.75) is 23.7 Å². The number of carbonyl (C=O) groups excluding carboxylic acids is 1. The number of benzene rings is 1. The predicted octanol–water partition coefficient (Wildman–Crippen LogP) is 3.40. The van der Waals surface area contributed by atoms with E-state index in [1.165, 1.54) is 18.6 Å². The van der Waals surface area contributed by atoms with Crippen LogP contribution in [0.25, 0.3) is 10.9 Å². The molecule has 0 radical (unpaired) electrons. The zero-order valence-corrected chi connectivity index (χ0v) is 18.4. The van der Waals surface area contributed by atoms with E-state index >= 15 is 0 Å². The molecule has 0 aliphatic heterocycles. The van der Waals surface area contributed by atoms with Crippen molar-refractivity contribution in [2.75, 3.05) is 25.5 Å². The molecule has 2 N–H and O–H groups in total. The number of halogens is 1. The fourth-order valence-electron chi connectivity index (χ4n) is 2.97. The number of carbonyl (C=O) groups is 1. The Morgan fingerprint density at radius 3 is 2.80 bits per heavy atom. The molecule has 1 aliphatic carbocycles. The minimum absolute atomic E-state index is 0.0470. The van der Waals surface area contributed by atoms with Crippen molar-refractivity contribution >= 4 is 55.7 Å². The van der Waals surface area contributed by atoms with Crippen molar-refractivity contribution in [1.29, 1.82) is 0 Å². The first-order valence-electron chi connectivity index (χ1n) is 9.25. The number of anilines is 1. The minimum Gasteiger partial charge on any atom is -0.465 e. The number of ether oxygens (including phenoxy) is 1.